The van der Waals surface area contributed by atoms with Crippen LogP contribution in [0, 0.1) is 0 Å². The quantitative estimate of drug-likeness (QED) is 0.244. The van der Waals surface area contributed by atoms with Gasteiger partial charge in [0.1, 0.15) is 5.60 Å². The highest BCUT2D eigenvalue weighted by Crippen LogP contribution is 2.49. The van der Waals surface area contributed by atoms with Gasteiger partial charge in [-0.1, -0.05) is 88.7 Å². The highest BCUT2D eigenvalue weighted by Gasteiger charge is 2.44. The molecule has 37 heavy (non-hydrogen) atoms. The molecule has 0 radical (unpaired) electrons. The highest BCUT2D eigenvalue weighted by molar-refractivity contribution is 9.10. The van der Waals surface area contributed by atoms with E-state index < -0.39 is 5.60 Å². The van der Waals surface area contributed by atoms with Gasteiger partial charge in [0, 0.05) is 34.6 Å². The maximum atomic E-state index is 13.1. The molecule has 1 aliphatic heterocycles. The Kier molecular flexibility index (Phi) is 7.38. The van der Waals surface area contributed by atoms with Crippen LogP contribution in [0.25, 0.3) is 10.8 Å². The first-order chi connectivity index (χ1) is 17.9. The Morgan fingerprint density at radius 1 is 0.973 bits per heavy atom. The third-order valence-corrected chi connectivity index (χ3v) is 7.84. The van der Waals surface area contributed by atoms with E-state index in [-0.39, 0.29) is 5.92 Å². The van der Waals surface area contributed by atoms with E-state index in [0.717, 1.165) is 44.2 Å². The molecule has 0 saturated heterocycles. The summed E-state index contributed by atoms with van der Waals surface area (Å²) < 4.78 is 7.00. The molecule has 0 bridgehead atoms. The van der Waals surface area contributed by atoms with E-state index in [2.05, 4.69) is 94.8 Å². The molecule has 190 valence electrons. The molecular weight excluding hydrogens is 524 g/mol. The van der Waals surface area contributed by atoms with Crippen molar-refractivity contribution in [3.8, 4) is 0 Å². The molecule has 4 aromatic rings. The second-order valence-electron chi connectivity index (χ2n) is 10.0. The molecule has 2 atom stereocenters. The van der Waals surface area contributed by atoms with E-state index >= 15 is 0 Å². The summed E-state index contributed by atoms with van der Waals surface area (Å²) in [6.45, 7) is 0.730. The number of halogens is 1. The number of rotatable bonds is 8. The third-order valence-electron chi connectivity index (χ3n) is 7.35. The Balaban J connectivity index is 1.77. The highest BCUT2D eigenvalue weighted by atomic mass is 79.9. The van der Waals surface area contributed by atoms with Gasteiger partial charge in [-0.15, -0.1) is 0 Å². The summed E-state index contributed by atoms with van der Waals surface area (Å²) in [7, 11) is 5.80. The molecule has 1 unspecified atom stereocenters. The van der Waals surface area contributed by atoms with Gasteiger partial charge in [0.15, 0.2) is 5.88 Å². The zero-order valence-electron chi connectivity index (χ0n) is 21.5. The predicted molar refractivity (Wildman–Crippen MR) is 156 cm³/mol. The van der Waals surface area contributed by atoms with Gasteiger partial charge >= 0.3 is 0 Å². The zero-order valence-corrected chi connectivity index (χ0v) is 23.1. The summed E-state index contributed by atoms with van der Waals surface area (Å²) in [4.78, 5) is 2.13. The standard InChI is InChI=1S/C32H33BrN2O2/c1-35(2)19-18-32(36,28-15-9-13-22-10-7-8-14-26(22)28)30(23-11-5-4-6-12-23)27-21-24-20-25(33)16-17-29(24)34-31(27)37-3/h4-17,20,30,34,36H,18-19,21H2,1-3H3/t30?,32-/m1/s1. The second kappa shape index (κ2) is 10.7. The molecule has 2 N–H and O–H groups in total. The minimum absolute atomic E-state index is 0.339. The van der Waals surface area contributed by atoms with Gasteiger partial charge in [-0.25, -0.2) is 0 Å². The Bertz CT molecular complexity index is 1430. The lowest BCUT2D eigenvalue weighted by atomic mass is 9.69. The summed E-state index contributed by atoms with van der Waals surface area (Å²) in [5.74, 6) is 0.362. The van der Waals surface area contributed by atoms with Crippen LogP contribution in [0.1, 0.15) is 29.0 Å². The second-order valence-corrected chi connectivity index (χ2v) is 10.9. The van der Waals surface area contributed by atoms with Crippen LogP contribution in [-0.2, 0) is 16.8 Å². The lowest BCUT2D eigenvalue weighted by molar-refractivity contribution is 0.00274. The number of methoxy groups -OCH3 is 1. The first-order valence-corrected chi connectivity index (χ1v) is 13.4. The topological polar surface area (TPSA) is 44.7 Å². The SMILES string of the molecule is COC1=C(C(c2ccccc2)[C@@](O)(CCN(C)C)c2cccc3ccccc23)Cc2cc(Br)ccc2N1. The molecule has 5 heteroatoms. The lowest BCUT2D eigenvalue weighted by Gasteiger charge is -2.41. The van der Waals surface area contributed by atoms with Crippen molar-refractivity contribution >= 4 is 32.4 Å². The monoisotopic (exact) mass is 556 g/mol. The van der Waals surface area contributed by atoms with E-state index in [1.807, 2.05) is 36.4 Å². The number of nitrogens with zero attached hydrogens (tertiary/aromatic N) is 1. The van der Waals surface area contributed by atoms with Crippen molar-refractivity contribution in [1.82, 2.24) is 4.90 Å². The maximum Gasteiger partial charge on any atom is 0.191 e. The van der Waals surface area contributed by atoms with E-state index in [9.17, 15) is 5.11 Å². The molecule has 0 spiro atoms. The lowest BCUT2D eigenvalue weighted by Crippen LogP contribution is -2.39. The van der Waals surface area contributed by atoms with Gasteiger partial charge < -0.3 is 20.1 Å². The molecule has 1 aliphatic rings. The molecule has 1 heterocycles. The summed E-state index contributed by atoms with van der Waals surface area (Å²) in [6.07, 6.45) is 1.22. The van der Waals surface area contributed by atoms with Gasteiger partial charge in [0.25, 0.3) is 0 Å². The Morgan fingerprint density at radius 3 is 2.46 bits per heavy atom. The number of anilines is 1. The number of fused-ring (bicyclic) bond motifs is 2. The number of nitrogens with one attached hydrogen (secondary N) is 1. The Labute approximate surface area is 227 Å². The number of benzene rings is 4. The Morgan fingerprint density at radius 2 is 1.70 bits per heavy atom. The number of hydrogen-bond acceptors (Lipinski definition) is 4. The normalized spacial score (nSPS) is 15.7. The maximum absolute atomic E-state index is 13.1. The largest absolute Gasteiger partial charge is 0.482 e. The molecular formula is C32H33BrN2O2. The van der Waals surface area contributed by atoms with E-state index in [0.29, 0.717) is 18.7 Å². The van der Waals surface area contributed by atoms with E-state index in [1.165, 1.54) is 5.56 Å². The fourth-order valence-corrected chi connectivity index (χ4v) is 5.98. The van der Waals surface area contributed by atoms with Gasteiger partial charge in [0.05, 0.1) is 7.11 Å². The summed E-state index contributed by atoms with van der Waals surface area (Å²) in [6, 6.07) is 31.2. The van der Waals surface area contributed by atoms with Crippen molar-refractivity contribution in [2.75, 3.05) is 33.1 Å². The van der Waals surface area contributed by atoms with Crippen molar-refractivity contribution in [3.63, 3.8) is 0 Å². The molecule has 0 aromatic heterocycles. The number of aliphatic hydroxyl groups is 1. The first-order valence-electron chi connectivity index (χ1n) is 12.6. The van der Waals surface area contributed by atoms with Gasteiger partial charge in [0.2, 0.25) is 0 Å². The average Bonchev–Trinajstić information content (AvgIpc) is 2.92. The van der Waals surface area contributed by atoms with E-state index in [4.69, 9.17) is 4.74 Å². The molecule has 0 amide bonds. The fraction of sp³-hybridized carbons (Fsp3) is 0.250. The first kappa shape index (κ1) is 25.5. The van der Waals surface area contributed by atoms with Crippen molar-refractivity contribution < 1.29 is 9.84 Å². The third kappa shape index (κ3) is 5.04. The van der Waals surface area contributed by atoms with E-state index in [1.54, 1.807) is 7.11 Å². The van der Waals surface area contributed by atoms with Crippen LogP contribution in [0.2, 0.25) is 0 Å². The number of hydrogen-bond donors (Lipinski definition) is 2. The fourth-order valence-electron chi connectivity index (χ4n) is 5.58. The van der Waals surface area contributed by atoms with Crippen LogP contribution < -0.4 is 5.32 Å². The molecule has 0 saturated carbocycles. The van der Waals surface area contributed by atoms with Crippen LogP contribution in [0.3, 0.4) is 0 Å². The van der Waals surface area contributed by atoms with Crippen molar-refractivity contribution in [2.45, 2.75) is 24.4 Å². The summed E-state index contributed by atoms with van der Waals surface area (Å²) in [5, 5.41) is 18.8. The van der Waals surface area contributed by atoms with Crippen molar-refractivity contribution in [3.05, 3.63) is 124 Å². The van der Waals surface area contributed by atoms with Crippen molar-refractivity contribution in [2.24, 2.45) is 0 Å². The average molecular weight is 558 g/mol. The summed E-state index contributed by atoms with van der Waals surface area (Å²) >= 11 is 3.64. The molecule has 0 fully saturated rings. The molecule has 5 rings (SSSR count). The zero-order chi connectivity index (χ0) is 26.0. The molecule has 4 aromatic carbocycles. The number of ether oxygens (including phenoxy) is 1. The van der Waals surface area contributed by atoms with Crippen LogP contribution in [0.5, 0.6) is 0 Å². The van der Waals surface area contributed by atoms with Gasteiger partial charge in [-0.3, -0.25) is 0 Å². The summed E-state index contributed by atoms with van der Waals surface area (Å²) in [5.41, 5.74) is 4.02. The molecule has 4 nitrogen and oxygen atoms in total. The predicted octanol–water partition coefficient (Wildman–Crippen LogP) is 7.05. The van der Waals surface area contributed by atoms with Gasteiger partial charge in [-0.05, 0) is 66.2 Å². The minimum Gasteiger partial charge on any atom is -0.482 e. The molecule has 0 aliphatic carbocycles. The minimum atomic E-state index is -1.20. The smallest absolute Gasteiger partial charge is 0.191 e. The van der Waals surface area contributed by atoms with Crippen molar-refractivity contribution in [1.29, 1.82) is 0 Å². The van der Waals surface area contributed by atoms with Crippen LogP contribution in [-0.4, -0.2) is 37.8 Å². The van der Waals surface area contributed by atoms with Crippen LogP contribution >= 0.6 is 15.9 Å². The van der Waals surface area contributed by atoms with Crippen LogP contribution in [0.4, 0.5) is 5.69 Å². The van der Waals surface area contributed by atoms with Gasteiger partial charge in [-0.2, -0.15) is 0 Å². The van der Waals surface area contributed by atoms with Crippen LogP contribution in [0.15, 0.2) is 107 Å². The Hall–Kier alpha value is -3.12.